The molecule has 64 valence electrons. The molecule has 2 N–H and O–H groups in total. The zero-order chi connectivity index (χ0) is 8.27. The van der Waals surface area contributed by atoms with E-state index in [1.807, 2.05) is 4.90 Å². The van der Waals surface area contributed by atoms with E-state index in [0.29, 0.717) is 6.54 Å². The topological polar surface area (TPSA) is 60.8 Å². The minimum atomic E-state index is -0.768. The molecular weight excluding hydrogens is 146 g/mol. The molecule has 1 atom stereocenters. The molecule has 0 aliphatic carbocycles. The Hall–Kier alpha value is -0.610. The van der Waals surface area contributed by atoms with Crippen molar-refractivity contribution in [2.45, 2.75) is 18.9 Å². The van der Waals surface area contributed by atoms with Crippen molar-refractivity contribution in [3.63, 3.8) is 0 Å². The van der Waals surface area contributed by atoms with Crippen LogP contribution in [0.5, 0.6) is 0 Å². The second-order valence-electron chi connectivity index (χ2n) is 2.76. The summed E-state index contributed by atoms with van der Waals surface area (Å²) in [5.41, 5.74) is 0. The summed E-state index contributed by atoms with van der Waals surface area (Å²) in [6, 6.07) is -0.359. The van der Waals surface area contributed by atoms with Crippen LogP contribution in [-0.4, -0.2) is 46.8 Å². The predicted molar refractivity (Wildman–Crippen MR) is 39.3 cm³/mol. The van der Waals surface area contributed by atoms with Crippen molar-refractivity contribution in [1.82, 2.24) is 4.90 Å². The number of aliphatic hydroxyl groups is 1. The monoisotopic (exact) mass is 159 g/mol. The Balaban J connectivity index is 2.44. The molecule has 0 saturated carbocycles. The van der Waals surface area contributed by atoms with E-state index in [9.17, 15) is 4.79 Å². The number of carbonyl (C=O) groups is 1. The second kappa shape index (κ2) is 3.69. The van der Waals surface area contributed by atoms with Gasteiger partial charge in [-0.25, -0.2) is 0 Å². The quantitative estimate of drug-likeness (QED) is 0.584. The SMILES string of the molecule is O=C(O)[C@@H]1CCCN1CCO. The molecule has 0 aromatic rings. The minimum Gasteiger partial charge on any atom is -0.480 e. The van der Waals surface area contributed by atoms with Crippen molar-refractivity contribution in [2.24, 2.45) is 0 Å². The van der Waals surface area contributed by atoms with Crippen LogP contribution in [0.15, 0.2) is 0 Å². The Labute approximate surface area is 65.4 Å². The molecule has 0 unspecified atom stereocenters. The van der Waals surface area contributed by atoms with Crippen LogP contribution in [0, 0.1) is 0 Å². The van der Waals surface area contributed by atoms with Gasteiger partial charge in [-0.3, -0.25) is 9.69 Å². The normalized spacial score (nSPS) is 25.7. The first-order chi connectivity index (χ1) is 5.25. The Bertz CT molecular complexity index is 149. The van der Waals surface area contributed by atoms with Gasteiger partial charge in [-0.1, -0.05) is 0 Å². The number of carboxylic acids is 1. The van der Waals surface area contributed by atoms with Gasteiger partial charge in [0.2, 0.25) is 0 Å². The van der Waals surface area contributed by atoms with Gasteiger partial charge in [-0.15, -0.1) is 0 Å². The average Bonchev–Trinajstić information content (AvgIpc) is 2.36. The van der Waals surface area contributed by atoms with Crippen LogP contribution in [0.3, 0.4) is 0 Å². The summed E-state index contributed by atoms with van der Waals surface area (Å²) >= 11 is 0. The fourth-order valence-corrected chi connectivity index (χ4v) is 1.50. The van der Waals surface area contributed by atoms with Gasteiger partial charge in [0, 0.05) is 6.54 Å². The molecule has 0 bridgehead atoms. The molecule has 1 aliphatic rings. The van der Waals surface area contributed by atoms with Crippen molar-refractivity contribution in [3.8, 4) is 0 Å². The van der Waals surface area contributed by atoms with Crippen LogP contribution >= 0.6 is 0 Å². The third-order valence-corrected chi connectivity index (χ3v) is 2.04. The lowest BCUT2D eigenvalue weighted by molar-refractivity contribution is -0.142. The van der Waals surface area contributed by atoms with Gasteiger partial charge in [0.1, 0.15) is 6.04 Å². The van der Waals surface area contributed by atoms with Gasteiger partial charge in [-0.05, 0) is 19.4 Å². The summed E-state index contributed by atoms with van der Waals surface area (Å²) in [7, 11) is 0. The van der Waals surface area contributed by atoms with E-state index >= 15 is 0 Å². The van der Waals surface area contributed by atoms with E-state index in [1.165, 1.54) is 0 Å². The number of β-amino-alcohol motifs (C(OH)–C–C–N with tert-alkyl or cyclic N) is 1. The van der Waals surface area contributed by atoms with E-state index in [1.54, 1.807) is 0 Å². The minimum absolute atomic E-state index is 0.0454. The molecule has 0 aromatic heterocycles. The summed E-state index contributed by atoms with van der Waals surface area (Å²) < 4.78 is 0. The highest BCUT2D eigenvalue weighted by Gasteiger charge is 2.29. The predicted octanol–water partition coefficient (Wildman–Crippen LogP) is -0.472. The summed E-state index contributed by atoms with van der Waals surface area (Å²) in [5.74, 6) is -0.768. The van der Waals surface area contributed by atoms with E-state index in [-0.39, 0.29) is 12.6 Å². The summed E-state index contributed by atoms with van der Waals surface area (Å²) in [4.78, 5) is 12.4. The zero-order valence-electron chi connectivity index (χ0n) is 6.36. The summed E-state index contributed by atoms with van der Waals surface area (Å²) in [6.07, 6.45) is 1.65. The Morgan fingerprint density at radius 3 is 2.91 bits per heavy atom. The summed E-state index contributed by atoms with van der Waals surface area (Å²) in [5, 5.41) is 17.3. The van der Waals surface area contributed by atoms with E-state index < -0.39 is 5.97 Å². The van der Waals surface area contributed by atoms with Crippen LogP contribution < -0.4 is 0 Å². The maximum atomic E-state index is 10.6. The van der Waals surface area contributed by atoms with Gasteiger partial charge in [0.25, 0.3) is 0 Å². The van der Waals surface area contributed by atoms with Gasteiger partial charge in [-0.2, -0.15) is 0 Å². The molecule has 4 heteroatoms. The Morgan fingerprint density at radius 1 is 1.64 bits per heavy atom. The molecule has 0 amide bonds. The molecule has 0 spiro atoms. The maximum absolute atomic E-state index is 10.6. The van der Waals surface area contributed by atoms with Gasteiger partial charge >= 0.3 is 5.97 Å². The third-order valence-electron chi connectivity index (χ3n) is 2.04. The molecule has 4 nitrogen and oxygen atoms in total. The van der Waals surface area contributed by atoms with Gasteiger partial charge in [0.05, 0.1) is 6.61 Å². The highest BCUT2D eigenvalue weighted by molar-refractivity contribution is 5.73. The third kappa shape index (κ3) is 1.91. The average molecular weight is 159 g/mol. The lowest BCUT2D eigenvalue weighted by Crippen LogP contribution is -2.37. The number of carboxylic acid groups (broad SMARTS) is 1. The molecule has 1 fully saturated rings. The van der Waals surface area contributed by atoms with Crippen molar-refractivity contribution in [2.75, 3.05) is 19.7 Å². The number of nitrogens with zero attached hydrogens (tertiary/aromatic N) is 1. The first-order valence-electron chi connectivity index (χ1n) is 3.83. The van der Waals surface area contributed by atoms with Crippen molar-refractivity contribution >= 4 is 5.97 Å². The van der Waals surface area contributed by atoms with E-state index in [0.717, 1.165) is 19.4 Å². The van der Waals surface area contributed by atoms with Crippen molar-refractivity contribution < 1.29 is 15.0 Å². The lowest BCUT2D eigenvalue weighted by atomic mass is 10.2. The number of hydrogen-bond donors (Lipinski definition) is 2. The highest BCUT2D eigenvalue weighted by atomic mass is 16.4. The first kappa shape index (κ1) is 8.49. The molecule has 0 radical (unpaired) electrons. The fourth-order valence-electron chi connectivity index (χ4n) is 1.50. The smallest absolute Gasteiger partial charge is 0.320 e. The Kier molecular flexibility index (Phi) is 2.84. The van der Waals surface area contributed by atoms with Crippen LogP contribution in [-0.2, 0) is 4.79 Å². The molecular formula is C7H13NO3. The van der Waals surface area contributed by atoms with Crippen LogP contribution in [0.25, 0.3) is 0 Å². The molecule has 1 heterocycles. The standard InChI is InChI=1S/C7H13NO3/c9-5-4-8-3-1-2-6(8)7(10)11/h6,9H,1-5H2,(H,10,11)/t6-/m0/s1. The van der Waals surface area contributed by atoms with Crippen molar-refractivity contribution in [3.05, 3.63) is 0 Å². The van der Waals surface area contributed by atoms with E-state index in [2.05, 4.69) is 0 Å². The molecule has 1 aliphatic heterocycles. The van der Waals surface area contributed by atoms with Crippen LogP contribution in [0.2, 0.25) is 0 Å². The first-order valence-corrected chi connectivity index (χ1v) is 3.83. The maximum Gasteiger partial charge on any atom is 0.320 e. The Morgan fingerprint density at radius 2 is 2.36 bits per heavy atom. The number of likely N-dealkylation sites (tertiary alicyclic amines) is 1. The van der Waals surface area contributed by atoms with E-state index in [4.69, 9.17) is 10.2 Å². The number of rotatable bonds is 3. The van der Waals surface area contributed by atoms with Gasteiger partial charge in [0.15, 0.2) is 0 Å². The largest absolute Gasteiger partial charge is 0.480 e. The molecule has 0 aromatic carbocycles. The van der Waals surface area contributed by atoms with Crippen molar-refractivity contribution in [1.29, 1.82) is 0 Å². The van der Waals surface area contributed by atoms with Crippen LogP contribution in [0.4, 0.5) is 0 Å². The zero-order valence-corrected chi connectivity index (χ0v) is 6.36. The fraction of sp³-hybridized carbons (Fsp3) is 0.857. The molecule has 1 rings (SSSR count). The highest BCUT2D eigenvalue weighted by Crippen LogP contribution is 2.16. The number of hydrogen-bond acceptors (Lipinski definition) is 3. The lowest BCUT2D eigenvalue weighted by Gasteiger charge is -2.18. The molecule has 1 saturated heterocycles. The number of aliphatic carboxylic acids is 1. The number of aliphatic hydroxyl groups excluding tert-OH is 1. The molecule has 11 heavy (non-hydrogen) atoms. The van der Waals surface area contributed by atoms with Gasteiger partial charge < -0.3 is 10.2 Å². The second-order valence-corrected chi connectivity index (χ2v) is 2.76. The van der Waals surface area contributed by atoms with Crippen LogP contribution in [0.1, 0.15) is 12.8 Å². The summed E-state index contributed by atoms with van der Waals surface area (Å²) in [6.45, 7) is 1.33.